The monoisotopic (exact) mass is 417 g/mol. The molecule has 4 rings (SSSR count). The third-order valence-electron chi connectivity index (χ3n) is 5.30. The number of nitriles is 1. The van der Waals surface area contributed by atoms with E-state index < -0.39 is 21.9 Å². The molecule has 1 aliphatic rings. The first-order chi connectivity index (χ1) is 13.9. The van der Waals surface area contributed by atoms with E-state index in [2.05, 4.69) is 24.7 Å². The zero-order chi connectivity index (χ0) is 20.6. The molecule has 0 spiro atoms. The molecule has 4 heterocycles. The lowest BCUT2D eigenvalue weighted by molar-refractivity contribution is 0.182. The highest BCUT2D eigenvalue weighted by Gasteiger charge is 2.26. The maximum Gasteiger partial charge on any atom is 0.225 e. The second-order valence-corrected chi connectivity index (χ2v) is 9.16. The molecule has 1 fully saturated rings. The van der Waals surface area contributed by atoms with Gasteiger partial charge in [0, 0.05) is 31.2 Å². The summed E-state index contributed by atoms with van der Waals surface area (Å²) in [5.74, 6) is 0.229. The number of imidazole rings is 1. The van der Waals surface area contributed by atoms with Crippen LogP contribution in [-0.2, 0) is 10.0 Å². The van der Waals surface area contributed by atoms with Crippen molar-refractivity contribution in [2.24, 2.45) is 5.92 Å². The van der Waals surface area contributed by atoms with Crippen LogP contribution in [0.5, 0.6) is 0 Å². The van der Waals surface area contributed by atoms with Crippen LogP contribution in [0.25, 0.3) is 22.1 Å². The van der Waals surface area contributed by atoms with Gasteiger partial charge in [0.05, 0.1) is 12.3 Å². The summed E-state index contributed by atoms with van der Waals surface area (Å²) in [4.78, 5) is 12.1. The number of rotatable bonds is 6. The number of piperidine rings is 1. The van der Waals surface area contributed by atoms with Crippen molar-refractivity contribution in [3.63, 3.8) is 0 Å². The number of hydrogen-bond donors (Lipinski definition) is 3. The second-order valence-electron chi connectivity index (χ2n) is 7.35. The molecule has 0 radical (unpaired) electrons. The van der Waals surface area contributed by atoms with Crippen LogP contribution in [0.3, 0.4) is 0 Å². The van der Waals surface area contributed by atoms with E-state index in [1.54, 1.807) is 19.2 Å². The largest absolute Gasteiger partial charge is 0.385 e. The summed E-state index contributed by atoms with van der Waals surface area (Å²) >= 11 is 0. The van der Waals surface area contributed by atoms with Crippen LogP contribution in [0.15, 0.2) is 18.5 Å². The van der Waals surface area contributed by atoms with Crippen molar-refractivity contribution in [1.29, 1.82) is 5.26 Å². The highest BCUT2D eigenvalue weighted by atomic mass is 32.2. The SMILES string of the molecule is C[C@@H](O)c1nc2cnc3[nH]ccc3c2n1N1CCC(CNS(=O)(=O)CC#N)CC1. The molecule has 1 aliphatic heterocycles. The number of nitrogens with zero attached hydrogens (tertiary/aromatic N) is 5. The first kappa shape index (κ1) is 19.6. The maximum atomic E-state index is 11.7. The Balaban J connectivity index is 1.57. The Kier molecular flexibility index (Phi) is 5.16. The number of pyridine rings is 1. The normalized spacial score (nSPS) is 17.1. The molecule has 10 nitrogen and oxygen atoms in total. The lowest BCUT2D eigenvalue weighted by atomic mass is 9.98. The van der Waals surface area contributed by atoms with Crippen LogP contribution in [-0.4, -0.2) is 58.5 Å². The van der Waals surface area contributed by atoms with Crippen molar-refractivity contribution in [3.8, 4) is 6.07 Å². The predicted octanol–water partition coefficient (Wildman–Crippen LogP) is 0.757. The average molecular weight is 417 g/mol. The molecule has 3 aromatic heterocycles. The molecule has 0 bridgehead atoms. The van der Waals surface area contributed by atoms with Gasteiger partial charge in [-0.15, -0.1) is 0 Å². The van der Waals surface area contributed by atoms with Gasteiger partial charge in [-0.1, -0.05) is 0 Å². The summed E-state index contributed by atoms with van der Waals surface area (Å²) in [6.07, 6.45) is 4.36. The van der Waals surface area contributed by atoms with E-state index in [-0.39, 0.29) is 5.92 Å². The van der Waals surface area contributed by atoms with Crippen LogP contribution in [0.2, 0.25) is 0 Å². The highest BCUT2D eigenvalue weighted by molar-refractivity contribution is 7.89. The van der Waals surface area contributed by atoms with E-state index >= 15 is 0 Å². The molecular weight excluding hydrogens is 394 g/mol. The first-order valence-corrected chi connectivity index (χ1v) is 11.2. The van der Waals surface area contributed by atoms with E-state index in [0.717, 1.165) is 34.9 Å². The van der Waals surface area contributed by atoms with Gasteiger partial charge in [-0.3, -0.25) is 0 Å². The van der Waals surface area contributed by atoms with Gasteiger partial charge in [-0.25, -0.2) is 27.8 Å². The van der Waals surface area contributed by atoms with Gasteiger partial charge >= 0.3 is 0 Å². The van der Waals surface area contributed by atoms with Crippen molar-refractivity contribution in [2.75, 3.05) is 30.4 Å². The fourth-order valence-electron chi connectivity index (χ4n) is 3.83. The minimum Gasteiger partial charge on any atom is -0.385 e. The molecule has 0 saturated carbocycles. The van der Waals surface area contributed by atoms with Crippen LogP contribution in [0.4, 0.5) is 0 Å². The van der Waals surface area contributed by atoms with E-state index in [4.69, 9.17) is 5.26 Å². The Bertz CT molecular complexity index is 1170. The summed E-state index contributed by atoms with van der Waals surface area (Å²) in [5, 5.41) is 22.0. The average Bonchev–Trinajstić information content (AvgIpc) is 3.31. The van der Waals surface area contributed by atoms with Gasteiger partial charge in [0.25, 0.3) is 0 Å². The van der Waals surface area contributed by atoms with Crippen molar-refractivity contribution in [1.82, 2.24) is 24.4 Å². The van der Waals surface area contributed by atoms with E-state index in [1.807, 2.05) is 16.9 Å². The molecule has 1 saturated heterocycles. The molecule has 0 amide bonds. The van der Waals surface area contributed by atoms with Crippen LogP contribution in [0, 0.1) is 17.2 Å². The molecule has 3 N–H and O–H groups in total. The van der Waals surface area contributed by atoms with Gasteiger partial charge in [-0.2, -0.15) is 5.26 Å². The third kappa shape index (κ3) is 3.78. The topological polar surface area (TPSA) is 140 Å². The third-order valence-corrected chi connectivity index (χ3v) is 6.41. The van der Waals surface area contributed by atoms with Gasteiger partial charge in [0.15, 0.2) is 11.6 Å². The number of hydrogen-bond acceptors (Lipinski definition) is 7. The van der Waals surface area contributed by atoms with Crippen molar-refractivity contribution < 1.29 is 13.5 Å². The van der Waals surface area contributed by atoms with E-state index in [9.17, 15) is 13.5 Å². The molecule has 3 aromatic rings. The summed E-state index contributed by atoms with van der Waals surface area (Å²) < 4.78 is 27.9. The first-order valence-electron chi connectivity index (χ1n) is 9.51. The van der Waals surface area contributed by atoms with Crippen LogP contribution < -0.4 is 9.73 Å². The Morgan fingerprint density at radius 3 is 2.90 bits per heavy atom. The summed E-state index contributed by atoms with van der Waals surface area (Å²) in [6.45, 7) is 3.42. The smallest absolute Gasteiger partial charge is 0.225 e. The number of aromatic nitrogens is 4. The molecule has 154 valence electrons. The quantitative estimate of drug-likeness (QED) is 0.538. The molecule has 0 unspecified atom stereocenters. The summed E-state index contributed by atoms with van der Waals surface area (Å²) in [5.41, 5.74) is 2.39. The van der Waals surface area contributed by atoms with Gasteiger partial charge in [0.1, 0.15) is 22.8 Å². The Morgan fingerprint density at radius 1 is 1.45 bits per heavy atom. The number of aromatic amines is 1. The van der Waals surface area contributed by atoms with Gasteiger partial charge in [-0.05, 0) is 31.7 Å². The molecule has 11 heteroatoms. The van der Waals surface area contributed by atoms with Crippen LogP contribution in [0.1, 0.15) is 31.7 Å². The number of nitrogens with one attached hydrogen (secondary N) is 2. The molecule has 0 aromatic carbocycles. The Morgan fingerprint density at radius 2 is 2.21 bits per heavy atom. The fourth-order valence-corrected chi connectivity index (χ4v) is 4.60. The Hall–Kier alpha value is -2.68. The lowest BCUT2D eigenvalue weighted by Crippen LogP contribution is -2.45. The second kappa shape index (κ2) is 7.62. The number of aliphatic hydroxyl groups excluding tert-OH is 1. The predicted molar refractivity (Wildman–Crippen MR) is 108 cm³/mol. The lowest BCUT2D eigenvalue weighted by Gasteiger charge is -2.35. The zero-order valence-electron chi connectivity index (χ0n) is 16.0. The molecular formula is C18H23N7O3S. The van der Waals surface area contributed by atoms with Crippen molar-refractivity contribution >= 4 is 32.1 Å². The van der Waals surface area contributed by atoms with E-state index in [1.165, 1.54) is 0 Å². The Labute approximate surface area is 168 Å². The number of H-pyrrole nitrogens is 1. The fraction of sp³-hybridized carbons (Fsp3) is 0.500. The maximum absolute atomic E-state index is 11.7. The number of fused-ring (bicyclic) bond motifs is 3. The van der Waals surface area contributed by atoms with Crippen molar-refractivity contribution in [3.05, 3.63) is 24.3 Å². The van der Waals surface area contributed by atoms with Crippen LogP contribution >= 0.6 is 0 Å². The molecule has 1 atom stereocenters. The number of aliphatic hydroxyl groups is 1. The standard InChI is InChI=1S/C18H23N7O3S/c1-12(26)18-23-15-11-21-17-14(2-6-20-17)16(15)25(18)24-7-3-13(4-8-24)10-22-29(27,28)9-5-19/h2,6,11-13,22,26H,3-4,7-10H2,1H3,(H,20,21)/t12-/m1/s1. The zero-order valence-corrected chi connectivity index (χ0v) is 16.9. The minimum absolute atomic E-state index is 0.193. The van der Waals surface area contributed by atoms with E-state index in [0.29, 0.717) is 25.5 Å². The summed E-state index contributed by atoms with van der Waals surface area (Å²) in [7, 11) is -3.54. The summed E-state index contributed by atoms with van der Waals surface area (Å²) in [6, 6.07) is 3.62. The molecule has 29 heavy (non-hydrogen) atoms. The highest BCUT2D eigenvalue weighted by Crippen LogP contribution is 2.28. The van der Waals surface area contributed by atoms with Crippen molar-refractivity contribution in [2.45, 2.75) is 25.9 Å². The van der Waals surface area contributed by atoms with Gasteiger partial charge < -0.3 is 15.1 Å². The minimum atomic E-state index is -3.54. The number of sulfonamides is 1. The molecule has 0 aliphatic carbocycles. The van der Waals surface area contributed by atoms with Gasteiger partial charge in [0.2, 0.25) is 10.0 Å².